The molecule has 0 bridgehead atoms. The molecule has 2 heterocycles. The molecular weight excluding hydrogens is 333 g/mol. The zero-order valence-electron chi connectivity index (χ0n) is 13.2. The Balaban J connectivity index is 2.03. The maximum Gasteiger partial charge on any atom is 0.133 e. The second-order valence-corrected chi connectivity index (χ2v) is 6.46. The van der Waals surface area contributed by atoms with Crippen molar-refractivity contribution < 1.29 is 4.74 Å². The second kappa shape index (κ2) is 7.56. The molecule has 2 aromatic rings. The average molecular weight is 354 g/mol. The van der Waals surface area contributed by atoms with Gasteiger partial charge in [-0.1, -0.05) is 23.2 Å². The molecule has 0 unspecified atom stereocenters. The number of nitrogens with one attached hydrogen (secondary N) is 1. The van der Waals surface area contributed by atoms with Crippen LogP contribution in [0.25, 0.3) is 5.69 Å². The van der Waals surface area contributed by atoms with Crippen LogP contribution in [0.15, 0.2) is 18.2 Å². The first-order chi connectivity index (χ1) is 11.2. The van der Waals surface area contributed by atoms with Crippen LogP contribution in [0.1, 0.15) is 31.0 Å². The van der Waals surface area contributed by atoms with Gasteiger partial charge in [0.15, 0.2) is 0 Å². The fourth-order valence-corrected chi connectivity index (χ4v) is 3.27. The predicted molar refractivity (Wildman–Crippen MR) is 95.2 cm³/mol. The van der Waals surface area contributed by atoms with E-state index in [1.807, 2.05) is 23.7 Å². The molecule has 1 aliphatic heterocycles. The first-order valence-electron chi connectivity index (χ1n) is 8.08. The highest BCUT2D eigenvalue weighted by Crippen LogP contribution is 2.32. The largest absolute Gasteiger partial charge is 0.381 e. The van der Waals surface area contributed by atoms with E-state index in [0.717, 1.165) is 56.0 Å². The van der Waals surface area contributed by atoms with Crippen molar-refractivity contribution in [3.63, 3.8) is 0 Å². The molecule has 6 heteroatoms. The third kappa shape index (κ3) is 3.65. The van der Waals surface area contributed by atoms with Gasteiger partial charge >= 0.3 is 0 Å². The van der Waals surface area contributed by atoms with E-state index in [0.29, 0.717) is 16.7 Å². The summed E-state index contributed by atoms with van der Waals surface area (Å²) in [6, 6.07) is 5.46. The molecule has 0 saturated heterocycles. The number of hydrogen-bond donors (Lipinski definition) is 1. The topological polar surface area (TPSA) is 39.1 Å². The van der Waals surface area contributed by atoms with Crippen LogP contribution in [-0.4, -0.2) is 29.5 Å². The lowest BCUT2D eigenvalue weighted by atomic mass is 10.1. The van der Waals surface area contributed by atoms with Gasteiger partial charge in [-0.05, 0) is 44.4 Å². The highest BCUT2D eigenvalue weighted by molar-refractivity contribution is 6.34. The van der Waals surface area contributed by atoms with E-state index >= 15 is 0 Å². The minimum atomic E-state index is 0.641. The summed E-state index contributed by atoms with van der Waals surface area (Å²) >= 11 is 12.5. The molecule has 124 valence electrons. The number of aromatic nitrogens is 2. The van der Waals surface area contributed by atoms with Gasteiger partial charge in [-0.2, -0.15) is 5.10 Å². The summed E-state index contributed by atoms with van der Waals surface area (Å²) in [5.74, 6) is 1.04. The molecule has 23 heavy (non-hydrogen) atoms. The third-order valence-corrected chi connectivity index (χ3v) is 4.59. The van der Waals surface area contributed by atoms with E-state index in [2.05, 4.69) is 5.32 Å². The van der Waals surface area contributed by atoms with Crippen molar-refractivity contribution in [3.05, 3.63) is 39.5 Å². The Morgan fingerprint density at radius 2 is 2.17 bits per heavy atom. The van der Waals surface area contributed by atoms with E-state index in [1.54, 1.807) is 6.07 Å². The first kappa shape index (κ1) is 16.6. The maximum absolute atomic E-state index is 6.38. The molecule has 0 aliphatic carbocycles. The van der Waals surface area contributed by atoms with Gasteiger partial charge in [0, 0.05) is 30.2 Å². The summed E-state index contributed by atoms with van der Waals surface area (Å²) in [6.07, 6.45) is 4.16. The molecule has 0 saturated carbocycles. The number of anilines is 1. The van der Waals surface area contributed by atoms with Gasteiger partial charge in [0.25, 0.3) is 0 Å². The molecule has 0 radical (unpaired) electrons. The van der Waals surface area contributed by atoms with Crippen LogP contribution >= 0.6 is 23.2 Å². The van der Waals surface area contributed by atoms with E-state index in [4.69, 9.17) is 33.0 Å². The SMILES string of the molecule is CCOCCc1nn(-c2cc(Cl)ccc2Cl)c2c1CCCCN2. The van der Waals surface area contributed by atoms with Gasteiger partial charge < -0.3 is 10.1 Å². The van der Waals surface area contributed by atoms with Gasteiger partial charge in [0.1, 0.15) is 5.82 Å². The van der Waals surface area contributed by atoms with Crippen molar-refractivity contribution in [2.75, 3.05) is 25.1 Å². The Hall–Kier alpha value is -1.23. The van der Waals surface area contributed by atoms with Crippen LogP contribution < -0.4 is 5.32 Å². The molecular formula is C17H21Cl2N3O. The van der Waals surface area contributed by atoms with E-state index in [-0.39, 0.29) is 0 Å². The van der Waals surface area contributed by atoms with Gasteiger partial charge in [0.05, 0.1) is 23.0 Å². The lowest BCUT2D eigenvalue weighted by molar-refractivity contribution is 0.150. The van der Waals surface area contributed by atoms with Crippen molar-refractivity contribution >= 4 is 29.0 Å². The standard InChI is InChI=1S/C17H21Cl2N3O/c1-2-23-10-8-15-13-5-3-4-9-20-17(13)22(21-15)16-11-12(18)6-7-14(16)19/h6-7,11,20H,2-5,8-10H2,1H3. The monoisotopic (exact) mass is 353 g/mol. The fourth-order valence-electron chi connectivity index (χ4n) is 2.91. The number of ether oxygens (including phenoxy) is 1. The molecule has 0 spiro atoms. The number of benzene rings is 1. The average Bonchev–Trinajstić information content (AvgIpc) is 2.72. The minimum Gasteiger partial charge on any atom is -0.381 e. The minimum absolute atomic E-state index is 0.641. The second-order valence-electron chi connectivity index (χ2n) is 5.61. The highest BCUT2D eigenvalue weighted by atomic mass is 35.5. The Morgan fingerprint density at radius 1 is 1.30 bits per heavy atom. The predicted octanol–water partition coefficient (Wildman–Crippen LogP) is 4.51. The molecule has 0 fully saturated rings. The maximum atomic E-state index is 6.38. The number of hydrogen-bond acceptors (Lipinski definition) is 3. The quantitative estimate of drug-likeness (QED) is 0.804. The van der Waals surface area contributed by atoms with Crippen molar-refractivity contribution in [3.8, 4) is 5.69 Å². The first-order valence-corrected chi connectivity index (χ1v) is 8.84. The summed E-state index contributed by atoms with van der Waals surface area (Å²) in [6.45, 7) is 4.36. The molecule has 0 amide bonds. The van der Waals surface area contributed by atoms with Gasteiger partial charge in [-0.25, -0.2) is 4.68 Å². The summed E-state index contributed by atoms with van der Waals surface area (Å²) in [4.78, 5) is 0. The molecule has 3 rings (SSSR count). The Morgan fingerprint density at radius 3 is 3.00 bits per heavy atom. The molecule has 1 aromatic heterocycles. The summed E-state index contributed by atoms with van der Waals surface area (Å²) in [5.41, 5.74) is 3.17. The van der Waals surface area contributed by atoms with Crippen LogP contribution in [0.4, 0.5) is 5.82 Å². The van der Waals surface area contributed by atoms with Crippen LogP contribution in [0.3, 0.4) is 0 Å². The van der Waals surface area contributed by atoms with Crippen LogP contribution in [0.5, 0.6) is 0 Å². The van der Waals surface area contributed by atoms with Crippen LogP contribution in [0.2, 0.25) is 10.0 Å². The molecule has 0 atom stereocenters. The third-order valence-electron chi connectivity index (χ3n) is 4.04. The van der Waals surface area contributed by atoms with Crippen LogP contribution in [0, 0.1) is 0 Å². The van der Waals surface area contributed by atoms with E-state index < -0.39 is 0 Å². The number of fused-ring (bicyclic) bond motifs is 1. The normalized spacial score (nSPS) is 14.2. The molecule has 4 nitrogen and oxygen atoms in total. The Bertz CT molecular complexity index is 685. The fraction of sp³-hybridized carbons (Fsp3) is 0.471. The Labute approximate surface area is 146 Å². The van der Waals surface area contributed by atoms with Crippen LogP contribution in [-0.2, 0) is 17.6 Å². The van der Waals surface area contributed by atoms with Crippen molar-refractivity contribution in [2.45, 2.75) is 32.6 Å². The zero-order valence-corrected chi connectivity index (χ0v) is 14.8. The summed E-state index contributed by atoms with van der Waals surface area (Å²) < 4.78 is 7.40. The van der Waals surface area contributed by atoms with Crippen molar-refractivity contribution in [1.29, 1.82) is 0 Å². The number of halogens is 2. The highest BCUT2D eigenvalue weighted by Gasteiger charge is 2.21. The Kier molecular flexibility index (Phi) is 5.46. The lowest BCUT2D eigenvalue weighted by Gasteiger charge is -2.11. The smallest absolute Gasteiger partial charge is 0.133 e. The van der Waals surface area contributed by atoms with E-state index in [1.165, 1.54) is 5.56 Å². The molecule has 1 N–H and O–H groups in total. The van der Waals surface area contributed by atoms with Gasteiger partial charge in [-0.3, -0.25) is 0 Å². The number of nitrogens with zero attached hydrogens (tertiary/aromatic N) is 2. The molecule has 1 aromatic carbocycles. The summed E-state index contributed by atoms with van der Waals surface area (Å²) in [5, 5.41) is 9.61. The molecule has 1 aliphatic rings. The van der Waals surface area contributed by atoms with Crippen molar-refractivity contribution in [2.24, 2.45) is 0 Å². The van der Waals surface area contributed by atoms with E-state index in [9.17, 15) is 0 Å². The zero-order chi connectivity index (χ0) is 16.2. The van der Waals surface area contributed by atoms with Gasteiger partial charge in [-0.15, -0.1) is 0 Å². The lowest BCUT2D eigenvalue weighted by Crippen LogP contribution is -2.07. The summed E-state index contributed by atoms with van der Waals surface area (Å²) in [7, 11) is 0. The number of rotatable bonds is 5. The van der Waals surface area contributed by atoms with Crippen molar-refractivity contribution in [1.82, 2.24) is 9.78 Å². The van der Waals surface area contributed by atoms with Gasteiger partial charge in [0.2, 0.25) is 0 Å².